The van der Waals surface area contributed by atoms with Crippen molar-refractivity contribution in [1.29, 1.82) is 0 Å². The summed E-state index contributed by atoms with van der Waals surface area (Å²) in [6, 6.07) is 0. The third kappa shape index (κ3) is 2.55. The second-order valence-electron chi connectivity index (χ2n) is 5.56. The first-order valence-electron chi connectivity index (χ1n) is 7.32. The third-order valence-electron chi connectivity index (χ3n) is 4.10. The predicted octanol–water partition coefficient (Wildman–Crippen LogP) is 0.878. The van der Waals surface area contributed by atoms with Crippen LogP contribution in [0.15, 0.2) is 0 Å². The molecule has 7 nitrogen and oxygen atoms in total. The van der Waals surface area contributed by atoms with Crippen LogP contribution in [0.2, 0.25) is 0 Å². The summed E-state index contributed by atoms with van der Waals surface area (Å²) in [4.78, 5) is 22.9. The molecule has 2 aromatic rings. The van der Waals surface area contributed by atoms with Crippen molar-refractivity contribution in [3.05, 3.63) is 17.0 Å². The van der Waals surface area contributed by atoms with Gasteiger partial charge in [-0.05, 0) is 33.1 Å². The molecule has 1 fully saturated rings. The highest BCUT2D eigenvalue weighted by molar-refractivity contribution is 5.79. The molecular formula is C14H20N6O. The van der Waals surface area contributed by atoms with E-state index in [0.29, 0.717) is 12.2 Å². The van der Waals surface area contributed by atoms with Gasteiger partial charge in [-0.1, -0.05) is 0 Å². The summed E-state index contributed by atoms with van der Waals surface area (Å²) in [5.41, 5.74) is 8.24. The van der Waals surface area contributed by atoms with E-state index in [1.165, 1.54) is 6.42 Å². The minimum Gasteiger partial charge on any atom is -0.366 e. The van der Waals surface area contributed by atoms with Gasteiger partial charge in [0.2, 0.25) is 11.9 Å². The number of nitrogens with zero attached hydrogens (tertiary/aromatic N) is 5. The second-order valence-corrected chi connectivity index (χ2v) is 5.56. The van der Waals surface area contributed by atoms with E-state index in [-0.39, 0.29) is 11.9 Å². The number of nitrogens with two attached hydrogens (primary N) is 1. The zero-order valence-electron chi connectivity index (χ0n) is 12.5. The summed E-state index contributed by atoms with van der Waals surface area (Å²) in [5.74, 6) is 0.844. The molecule has 3 rings (SSSR count). The Morgan fingerprint density at radius 2 is 1.90 bits per heavy atom. The van der Waals surface area contributed by atoms with E-state index in [1.54, 1.807) is 4.52 Å². The van der Waals surface area contributed by atoms with E-state index in [0.717, 1.165) is 42.9 Å². The largest absolute Gasteiger partial charge is 0.366 e. The van der Waals surface area contributed by atoms with Crippen LogP contribution in [0.5, 0.6) is 0 Å². The number of carbonyl (C=O) groups is 1. The molecule has 1 aliphatic heterocycles. The smallest absolute Gasteiger partial charge is 0.254 e. The number of carbonyl (C=O) groups excluding carboxylic acids is 1. The van der Waals surface area contributed by atoms with Crippen molar-refractivity contribution < 1.29 is 4.79 Å². The van der Waals surface area contributed by atoms with Crippen LogP contribution in [0.1, 0.15) is 36.2 Å². The molecule has 0 bridgehead atoms. The Kier molecular flexibility index (Phi) is 3.48. The number of hydrogen-bond donors (Lipinski definition) is 1. The van der Waals surface area contributed by atoms with Crippen molar-refractivity contribution in [3.8, 4) is 0 Å². The lowest BCUT2D eigenvalue weighted by Crippen LogP contribution is -2.37. The average Bonchev–Trinajstić information content (AvgIpc) is 2.85. The van der Waals surface area contributed by atoms with Crippen LogP contribution in [0, 0.1) is 13.8 Å². The van der Waals surface area contributed by atoms with Gasteiger partial charge in [0.25, 0.3) is 5.78 Å². The van der Waals surface area contributed by atoms with Crippen molar-refractivity contribution in [2.45, 2.75) is 39.5 Å². The maximum absolute atomic E-state index is 12.4. The van der Waals surface area contributed by atoms with E-state index >= 15 is 0 Å². The Labute approximate surface area is 123 Å². The van der Waals surface area contributed by atoms with Crippen LogP contribution in [0.25, 0.3) is 5.78 Å². The first kappa shape index (κ1) is 13.8. The van der Waals surface area contributed by atoms with Crippen molar-refractivity contribution in [1.82, 2.24) is 24.5 Å². The number of rotatable bonds is 2. The van der Waals surface area contributed by atoms with Crippen LogP contribution in [0.4, 0.5) is 5.95 Å². The highest BCUT2D eigenvalue weighted by atomic mass is 16.2. The maximum Gasteiger partial charge on any atom is 0.254 e. The number of piperidine rings is 1. The molecule has 0 atom stereocenters. The maximum atomic E-state index is 12.4. The highest BCUT2D eigenvalue weighted by Gasteiger charge is 2.20. The topological polar surface area (TPSA) is 89.4 Å². The summed E-state index contributed by atoms with van der Waals surface area (Å²) in [6.07, 6.45) is 3.77. The van der Waals surface area contributed by atoms with E-state index in [4.69, 9.17) is 5.73 Å². The Morgan fingerprint density at radius 3 is 2.62 bits per heavy atom. The van der Waals surface area contributed by atoms with Crippen molar-refractivity contribution in [2.24, 2.45) is 0 Å². The van der Waals surface area contributed by atoms with Crippen molar-refractivity contribution in [2.75, 3.05) is 18.8 Å². The van der Waals surface area contributed by atoms with Crippen LogP contribution in [0.3, 0.4) is 0 Å². The number of anilines is 1. The molecule has 0 aromatic carbocycles. The summed E-state index contributed by atoms with van der Waals surface area (Å²) in [5, 5.41) is 4.13. The van der Waals surface area contributed by atoms with Gasteiger partial charge in [0, 0.05) is 30.0 Å². The molecule has 21 heavy (non-hydrogen) atoms. The molecule has 0 unspecified atom stereocenters. The van der Waals surface area contributed by atoms with Gasteiger partial charge in [-0.15, -0.1) is 5.10 Å². The van der Waals surface area contributed by atoms with Crippen LogP contribution < -0.4 is 5.73 Å². The molecule has 112 valence electrons. The highest BCUT2D eigenvalue weighted by Crippen LogP contribution is 2.17. The number of likely N-dealkylation sites (tertiary alicyclic amines) is 1. The molecule has 7 heteroatoms. The van der Waals surface area contributed by atoms with Gasteiger partial charge < -0.3 is 10.6 Å². The van der Waals surface area contributed by atoms with Crippen LogP contribution in [-0.4, -0.2) is 43.5 Å². The fourth-order valence-electron chi connectivity index (χ4n) is 2.89. The zero-order valence-corrected chi connectivity index (χ0v) is 12.5. The Balaban J connectivity index is 1.90. The van der Waals surface area contributed by atoms with Gasteiger partial charge >= 0.3 is 0 Å². The zero-order chi connectivity index (χ0) is 15.0. The van der Waals surface area contributed by atoms with E-state index in [1.807, 2.05) is 18.7 Å². The lowest BCUT2D eigenvalue weighted by atomic mass is 10.1. The Morgan fingerprint density at radius 1 is 1.19 bits per heavy atom. The van der Waals surface area contributed by atoms with Crippen molar-refractivity contribution in [3.63, 3.8) is 0 Å². The summed E-state index contributed by atoms with van der Waals surface area (Å²) < 4.78 is 1.61. The van der Waals surface area contributed by atoms with Crippen molar-refractivity contribution >= 4 is 17.6 Å². The molecule has 3 heterocycles. The molecule has 0 radical (unpaired) electrons. The standard InChI is InChI=1S/C14H20N6O/c1-9-11(8-12(21)19-6-4-3-5-7-19)10(2)20-14(16-9)17-13(15)18-20/h3-8H2,1-2H3,(H2,15,18). The van der Waals surface area contributed by atoms with Gasteiger partial charge in [-0.25, -0.2) is 4.98 Å². The predicted molar refractivity (Wildman–Crippen MR) is 78.8 cm³/mol. The number of hydrogen-bond acceptors (Lipinski definition) is 5. The third-order valence-corrected chi connectivity index (χ3v) is 4.10. The summed E-state index contributed by atoms with van der Waals surface area (Å²) >= 11 is 0. The van der Waals surface area contributed by atoms with E-state index < -0.39 is 0 Å². The van der Waals surface area contributed by atoms with Gasteiger partial charge in [0.15, 0.2) is 0 Å². The number of aromatic nitrogens is 4. The molecule has 1 saturated heterocycles. The average molecular weight is 288 g/mol. The lowest BCUT2D eigenvalue weighted by Gasteiger charge is -2.27. The quantitative estimate of drug-likeness (QED) is 0.886. The first-order valence-corrected chi connectivity index (χ1v) is 7.32. The molecule has 1 aliphatic rings. The monoisotopic (exact) mass is 288 g/mol. The minimum absolute atomic E-state index is 0.162. The SMILES string of the molecule is Cc1nc2nc(N)nn2c(C)c1CC(=O)N1CCCCC1. The molecular weight excluding hydrogens is 268 g/mol. The van der Waals surface area contributed by atoms with Crippen LogP contribution in [-0.2, 0) is 11.2 Å². The molecule has 0 aliphatic carbocycles. The molecule has 2 aromatic heterocycles. The van der Waals surface area contributed by atoms with Gasteiger partial charge in [0.1, 0.15) is 0 Å². The molecule has 1 amide bonds. The number of amides is 1. The summed E-state index contributed by atoms with van der Waals surface area (Å²) in [6.45, 7) is 5.55. The lowest BCUT2D eigenvalue weighted by molar-refractivity contribution is -0.131. The minimum atomic E-state index is 0.162. The van der Waals surface area contributed by atoms with Gasteiger partial charge in [-0.3, -0.25) is 4.79 Å². The molecule has 0 saturated carbocycles. The van der Waals surface area contributed by atoms with E-state index in [2.05, 4.69) is 15.1 Å². The number of aryl methyl sites for hydroxylation is 2. The molecule has 0 spiro atoms. The Bertz CT molecular complexity index is 686. The molecule has 2 N–H and O–H groups in total. The fourth-order valence-corrected chi connectivity index (χ4v) is 2.89. The first-order chi connectivity index (χ1) is 10.1. The normalized spacial score (nSPS) is 15.6. The fraction of sp³-hybridized carbons (Fsp3) is 0.571. The van der Waals surface area contributed by atoms with E-state index in [9.17, 15) is 4.79 Å². The Hall–Kier alpha value is -2.18. The number of fused-ring (bicyclic) bond motifs is 1. The van der Waals surface area contributed by atoms with Gasteiger partial charge in [0.05, 0.1) is 6.42 Å². The van der Waals surface area contributed by atoms with Gasteiger partial charge in [-0.2, -0.15) is 9.50 Å². The van der Waals surface area contributed by atoms with Crippen LogP contribution >= 0.6 is 0 Å². The number of nitrogen functional groups attached to an aromatic ring is 1. The summed E-state index contributed by atoms with van der Waals surface area (Å²) in [7, 11) is 0. The second kappa shape index (κ2) is 5.31.